The molecule has 0 spiro atoms. The van der Waals surface area contributed by atoms with Crippen molar-refractivity contribution >= 4 is 5.91 Å². The number of hydrogen-bond acceptors (Lipinski definition) is 3. The highest BCUT2D eigenvalue weighted by Crippen LogP contribution is 2.30. The zero-order valence-electron chi connectivity index (χ0n) is 10.6. The van der Waals surface area contributed by atoms with Gasteiger partial charge in [0.05, 0.1) is 6.04 Å². The van der Waals surface area contributed by atoms with Crippen LogP contribution in [0.25, 0.3) is 0 Å². The number of hydrogen-bond donors (Lipinski definition) is 3. The highest BCUT2D eigenvalue weighted by molar-refractivity contribution is 5.82. The number of amides is 1. The van der Waals surface area contributed by atoms with E-state index < -0.39 is 6.04 Å². The van der Waals surface area contributed by atoms with Gasteiger partial charge in [0.25, 0.3) is 0 Å². The third-order valence-corrected chi connectivity index (χ3v) is 3.61. The Kier molecular flexibility index (Phi) is 3.57. The first-order valence-electron chi connectivity index (χ1n) is 6.34. The fourth-order valence-electron chi connectivity index (χ4n) is 2.20. The molecule has 1 aromatic rings. The van der Waals surface area contributed by atoms with Crippen molar-refractivity contribution < 1.29 is 9.90 Å². The number of carbonyl (C=O) groups excluding carboxylic acids is 1. The molecule has 1 atom stereocenters. The normalized spacial score (nSPS) is 18.8. The molecule has 2 rings (SSSR count). The SMILES string of the molecule is CC1(NC(=O)C(N)Cc2ccc(O)cc2)CCC1. The molecule has 0 radical (unpaired) electrons. The molecule has 1 aliphatic carbocycles. The van der Waals surface area contributed by atoms with Crippen molar-refractivity contribution in [2.75, 3.05) is 0 Å². The number of benzene rings is 1. The Morgan fingerprint density at radius 3 is 2.56 bits per heavy atom. The van der Waals surface area contributed by atoms with Crippen LogP contribution in [0.3, 0.4) is 0 Å². The van der Waals surface area contributed by atoms with E-state index in [2.05, 4.69) is 12.2 Å². The van der Waals surface area contributed by atoms with Gasteiger partial charge in [0.15, 0.2) is 0 Å². The minimum Gasteiger partial charge on any atom is -0.508 e. The van der Waals surface area contributed by atoms with E-state index in [1.807, 2.05) is 0 Å². The van der Waals surface area contributed by atoms with Crippen LogP contribution in [0.4, 0.5) is 0 Å². The quantitative estimate of drug-likeness (QED) is 0.752. The van der Waals surface area contributed by atoms with E-state index in [0.717, 1.165) is 18.4 Å². The maximum atomic E-state index is 11.9. The maximum absolute atomic E-state index is 11.9. The van der Waals surface area contributed by atoms with Gasteiger partial charge in [-0.3, -0.25) is 4.79 Å². The molecule has 0 aromatic heterocycles. The van der Waals surface area contributed by atoms with Gasteiger partial charge in [-0.05, 0) is 50.3 Å². The highest BCUT2D eigenvalue weighted by Gasteiger charge is 2.34. The smallest absolute Gasteiger partial charge is 0.237 e. The second-order valence-corrected chi connectivity index (χ2v) is 5.38. The first kappa shape index (κ1) is 12.9. The average molecular weight is 248 g/mol. The van der Waals surface area contributed by atoms with E-state index in [9.17, 15) is 9.90 Å². The lowest BCUT2D eigenvalue weighted by atomic mass is 9.78. The van der Waals surface area contributed by atoms with Crippen molar-refractivity contribution in [2.45, 2.75) is 44.2 Å². The molecule has 0 aliphatic heterocycles. The molecule has 98 valence electrons. The second-order valence-electron chi connectivity index (χ2n) is 5.38. The lowest BCUT2D eigenvalue weighted by Crippen LogP contribution is -2.55. The number of nitrogens with one attached hydrogen (secondary N) is 1. The maximum Gasteiger partial charge on any atom is 0.237 e. The summed E-state index contributed by atoms with van der Waals surface area (Å²) in [6.45, 7) is 2.06. The van der Waals surface area contributed by atoms with Crippen molar-refractivity contribution in [2.24, 2.45) is 5.73 Å². The number of carbonyl (C=O) groups is 1. The Labute approximate surface area is 107 Å². The van der Waals surface area contributed by atoms with Crippen molar-refractivity contribution in [3.05, 3.63) is 29.8 Å². The van der Waals surface area contributed by atoms with Crippen LogP contribution >= 0.6 is 0 Å². The van der Waals surface area contributed by atoms with Gasteiger partial charge in [0.1, 0.15) is 5.75 Å². The van der Waals surface area contributed by atoms with Gasteiger partial charge in [-0.1, -0.05) is 12.1 Å². The molecule has 18 heavy (non-hydrogen) atoms. The van der Waals surface area contributed by atoms with Gasteiger partial charge in [-0.2, -0.15) is 0 Å². The Bertz CT molecular complexity index is 424. The summed E-state index contributed by atoms with van der Waals surface area (Å²) in [6, 6.07) is 6.24. The zero-order valence-corrected chi connectivity index (χ0v) is 10.6. The second kappa shape index (κ2) is 4.98. The molecule has 1 unspecified atom stereocenters. The standard InChI is InChI=1S/C14H20N2O2/c1-14(7-2-8-14)16-13(18)12(15)9-10-3-5-11(17)6-4-10/h3-6,12,17H,2,7-9,15H2,1H3,(H,16,18). The molecule has 1 amide bonds. The van der Waals surface area contributed by atoms with Crippen LogP contribution in [-0.4, -0.2) is 22.6 Å². The van der Waals surface area contributed by atoms with Crippen LogP contribution in [0, 0.1) is 0 Å². The molecule has 0 heterocycles. The van der Waals surface area contributed by atoms with Crippen LogP contribution in [0.15, 0.2) is 24.3 Å². The molecule has 4 nitrogen and oxygen atoms in total. The molecule has 1 saturated carbocycles. The van der Waals surface area contributed by atoms with Crippen molar-refractivity contribution in [1.29, 1.82) is 0 Å². The largest absolute Gasteiger partial charge is 0.508 e. The zero-order chi connectivity index (χ0) is 13.2. The van der Waals surface area contributed by atoms with Crippen molar-refractivity contribution in [3.8, 4) is 5.75 Å². The molecule has 1 fully saturated rings. The summed E-state index contributed by atoms with van der Waals surface area (Å²) in [6.07, 6.45) is 3.72. The van der Waals surface area contributed by atoms with Crippen LogP contribution in [0.2, 0.25) is 0 Å². The molecular formula is C14H20N2O2. The number of phenolic OH excluding ortho intramolecular Hbond substituents is 1. The van der Waals surface area contributed by atoms with Gasteiger partial charge in [0.2, 0.25) is 5.91 Å². The van der Waals surface area contributed by atoms with Gasteiger partial charge in [-0.25, -0.2) is 0 Å². The predicted octanol–water partition coefficient (Wildman–Crippen LogP) is 1.32. The summed E-state index contributed by atoms with van der Waals surface area (Å²) in [5, 5.41) is 12.2. The Hall–Kier alpha value is -1.55. The lowest BCUT2D eigenvalue weighted by Gasteiger charge is -2.39. The van der Waals surface area contributed by atoms with E-state index in [-0.39, 0.29) is 17.2 Å². The third kappa shape index (κ3) is 3.01. The van der Waals surface area contributed by atoms with Crippen LogP contribution in [0.5, 0.6) is 5.75 Å². The van der Waals surface area contributed by atoms with Crippen molar-refractivity contribution in [3.63, 3.8) is 0 Å². The van der Waals surface area contributed by atoms with Crippen molar-refractivity contribution in [1.82, 2.24) is 5.32 Å². The number of rotatable bonds is 4. The lowest BCUT2D eigenvalue weighted by molar-refractivity contribution is -0.125. The summed E-state index contributed by atoms with van der Waals surface area (Å²) in [5.74, 6) is 0.129. The van der Waals surface area contributed by atoms with Gasteiger partial charge >= 0.3 is 0 Å². The van der Waals surface area contributed by atoms with E-state index in [1.54, 1.807) is 24.3 Å². The van der Waals surface area contributed by atoms with Crippen LogP contribution in [0.1, 0.15) is 31.7 Å². The fourth-order valence-corrected chi connectivity index (χ4v) is 2.20. The van der Waals surface area contributed by atoms with E-state index in [1.165, 1.54) is 6.42 Å². The first-order chi connectivity index (χ1) is 8.48. The summed E-state index contributed by atoms with van der Waals surface area (Å²) >= 11 is 0. The molecule has 1 aromatic carbocycles. The third-order valence-electron chi connectivity index (χ3n) is 3.61. The number of aromatic hydroxyl groups is 1. The highest BCUT2D eigenvalue weighted by atomic mass is 16.3. The first-order valence-corrected chi connectivity index (χ1v) is 6.34. The van der Waals surface area contributed by atoms with E-state index in [0.29, 0.717) is 6.42 Å². The predicted molar refractivity (Wildman–Crippen MR) is 70.2 cm³/mol. The summed E-state index contributed by atoms with van der Waals surface area (Å²) in [4.78, 5) is 11.9. The van der Waals surface area contributed by atoms with Gasteiger partial charge < -0.3 is 16.2 Å². The minimum atomic E-state index is -0.535. The summed E-state index contributed by atoms with van der Waals surface area (Å²) in [5.41, 5.74) is 6.80. The van der Waals surface area contributed by atoms with E-state index >= 15 is 0 Å². The monoisotopic (exact) mass is 248 g/mol. The Balaban J connectivity index is 1.88. The molecule has 1 aliphatic rings. The minimum absolute atomic E-state index is 0.0519. The van der Waals surface area contributed by atoms with E-state index in [4.69, 9.17) is 5.73 Å². The average Bonchev–Trinajstić information content (AvgIpc) is 2.30. The molecule has 0 bridgehead atoms. The fraction of sp³-hybridized carbons (Fsp3) is 0.500. The Morgan fingerprint density at radius 1 is 1.44 bits per heavy atom. The number of nitrogens with two attached hydrogens (primary N) is 1. The molecule has 0 saturated heterocycles. The van der Waals surface area contributed by atoms with Gasteiger partial charge in [0, 0.05) is 5.54 Å². The molecular weight excluding hydrogens is 228 g/mol. The Morgan fingerprint density at radius 2 is 2.06 bits per heavy atom. The van der Waals surface area contributed by atoms with Gasteiger partial charge in [-0.15, -0.1) is 0 Å². The number of phenols is 1. The molecule has 4 heteroatoms. The summed E-state index contributed by atoms with van der Waals surface area (Å²) < 4.78 is 0. The summed E-state index contributed by atoms with van der Waals surface area (Å²) in [7, 11) is 0. The topological polar surface area (TPSA) is 75.4 Å². The van der Waals surface area contributed by atoms with Crippen LogP contribution < -0.4 is 11.1 Å². The van der Waals surface area contributed by atoms with Crippen LogP contribution in [-0.2, 0) is 11.2 Å². The molecule has 4 N–H and O–H groups in total.